The van der Waals surface area contributed by atoms with Crippen molar-refractivity contribution in [3.63, 3.8) is 0 Å². The molecule has 0 aromatic heterocycles. The van der Waals surface area contributed by atoms with Gasteiger partial charge in [0.15, 0.2) is 0 Å². The topological polar surface area (TPSA) is 0 Å². The van der Waals surface area contributed by atoms with Crippen LogP contribution < -0.4 is 0 Å². The Morgan fingerprint density at radius 1 is 0.452 bits per heavy atom. The lowest BCUT2D eigenvalue weighted by atomic mass is 9.67. The smallest absolute Gasteiger partial charge is 0.0654 e. The fraction of sp³-hybridized carbons (Fsp3) is 0.415. The van der Waals surface area contributed by atoms with E-state index in [1.807, 2.05) is 0 Å². The van der Waals surface area contributed by atoms with Crippen LogP contribution >= 0.6 is 15.9 Å². The van der Waals surface area contributed by atoms with Gasteiger partial charge in [0.2, 0.25) is 0 Å². The third-order valence-corrected chi connectivity index (χ3v) is 9.89. The molecule has 0 heterocycles. The number of halogens is 1. The molecule has 0 saturated carbocycles. The van der Waals surface area contributed by atoms with E-state index in [1.165, 1.54) is 127 Å². The maximum atomic E-state index is 3.86. The molecule has 220 valence electrons. The molecule has 1 aliphatic carbocycles. The van der Waals surface area contributed by atoms with Gasteiger partial charge in [-0.2, -0.15) is 0 Å². The average molecular weight is 622 g/mol. The van der Waals surface area contributed by atoms with E-state index in [2.05, 4.69) is 122 Å². The van der Waals surface area contributed by atoms with Crippen molar-refractivity contribution in [1.29, 1.82) is 0 Å². The highest BCUT2D eigenvalue weighted by molar-refractivity contribution is 9.10. The average Bonchev–Trinajstić information content (AvgIpc) is 3.30. The van der Waals surface area contributed by atoms with Crippen molar-refractivity contribution in [2.75, 3.05) is 0 Å². The first-order chi connectivity index (χ1) is 20.6. The number of aryl methyl sites for hydroxylation is 3. The Bertz CT molecular complexity index is 1370. The number of rotatable bonds is 15. The van der Waals surface area contributed by atoms with Crippen LogP contribution in [0.2, 0.25) is 0 Å². The maximum absolute atomic E-state index is 3.86. The number of unbranched alkanes of at least 4 members (excludes halogenated alkanes) is 7. The Morgan fingerprint density at radius 3 is 1.43 bits per heavy atom. The Morgan fingerprint density at radius 2 is 0.905 bits per heavy atom. The van der Waals surface area contributed by atoms with E-state index < -0.39 is 0 Å². The summed E-state index contributed by atoms with van der Waals surface area (Å²) in [6.45, 7) is 6.87. The molecule has 0 nitrogen and oxygen atoms in total. The van der Waals surface area contributed by atoms with Crippen LogP contribution in [0.25, 0.3) is 11.1 Å². The van der Waals surface area contributed by atoms with Gasteiger partial charge in [0, 0.05) is 4.47 Å². The van der Waals surface area contributed by atoms with E-state index in [0.717, 1.165) is 10.9 Å². The van der Waals surface area contributed by atoms with Crippen LogP contribution in [0, 0.1) is 0 Å². The predicted molar refractivity (Wildman–Crippen MR) is 186 cm³/mol. The molecule has 0 radical (unpaired) electrons. The van der Waals surface area contributed by atoms with E-state index >= 15 is 0 Å². The van der Waals surface area contributed by atoms with Crippen LogP contribution in [-0.4, -0.2) is 0 Å². The summed E-state index contributed by atoms with van der Waals surface area (Å²) in [7, 11) is 0. The van der Waals surface area contributed by atoms with Crippen LogP contribution in [0.3, 0.4) is 0 Å². The zero-order valence-corrected chi connectivity index (χ0v) is 27.7. The van der Waals surface area contributed by atoms with Crippen molar-refractivity contribution in [3.05, 3.63) is 128 Å². The molecule has 5 rings (SSSR count). The molecule has 1 heteroatoms. The van der Waals surface area contributed by atoms with Gasteiger partial charge in [-0.25, -0.2) is 0 Å². The second-order valence-corrected chi connectivity index (χ2v) is 13.4. The second-order valence-electron chi connectivity index (χ2n) is 12.4. The van der Waals surface area contributed by atoms with Gasteiger partial charge in [0.1, 0.15) is 0 Å². The van der Waals surface area contributed by atoms with Crippen molar-refractivity contribution in [1.82, 2.24) is 0 Å². The maximum Gasteiger partial charge on any atom is 0.0714 e. The van der Waals surface area contributed by atoms with Crippen molar-refractivity contribution in [2.45, 2.75) is 110 Å². The number of hydrogen-bond acceptors (Lipinski definition) is 0. The summed E-state index contributed by atoms with van der Waals surface area (Å²) in [6, 6.07) is 33.6. The lowest BCUT2D eigenvalue weighted by Gasteiger charge is -2.34. The second kappa shape index (κ2) is 14.7. The first-order valence-electron chi connectivity index (χ1n) is 16.7. The molecule has 4 aromatic carbocycles. The van der Waals surface area contributed by atoms with E-state index in [0.29, 0.717) is 0 Å². The van der Waals surface area contributed by atoms with Crippen molar-refractivity contribution in [3.8, 4) is 11.1 Å². The lowest BCUT2D eigenvalue weighted by molar-refractivity contribution is 0.666. The summed E-state index contributed by atoms with van der Waals surface area (Å²) < 4.78 is 1.14. The summed E-state index contributed by atoms with van der Waals surface area (Å²) in [5, 5.41) is 0. The minimum atomic E-state index is -0.335. The molecule has 0 fully saturated rings. The van der Waals surface area contributed by atoms with Gasteiger partial charge in [0.25, 0.3) is 0 Å². The van der Waals surface area contributed by atoms with Crippen LogP contribution in [0.15, 0.2) is 89.4 Å². The number of benzene rings is 4. The molecule has 42 heavy (non-hydrogen) atoms. The number of fused-ring (bicyclic) bond motifs is 3. The molecule has 4 aromatic rings. The Hall–Kier alpha value is -2.64. The number of hydrogen-bond donors (Lipinski definition) is 0. The molecule has 0 bridgehead atoms. The largest absolute Gasteiger partial charge is 0.0714 e. The van der Waals surface area contributed by atoms with Gasteiger partial charge < -0.3 is 0 Å². The summed E-state index contributed by atoms with van der Waals surface area (Å²) in [5.74, 6) is 0. The third kappa shape index (κ3) is 6.47. The summed E-state index contributed by atoms with van der Waals surface area (Å²) >= 11 is 3.86. The molecule has 1 aliphatic rings. The van der Waals surface area contributed by atoms with E-state index in [1.54, 1.807) is 0 Å². The zero-order valence-electron chi connectivity index (χ0n) is 26.2. The Labute approximate surface area is 264 Å². The quantitative estimate of drug-likeness (QED) is 0.102. The van der Waals surface area contributed by atoms with Crippen LogP contribution in [0.4, 0.5) is 0 Å². The van der Waals surface area contributed by atoms with Crippen molar-refractivity contribution < 1.29 is 0 Å². The molecule has 0 N–H and O–H groups in total. The Kier molecular flexibility index (Phi) is 10.8. The zero-order chi connectivity index (χ0) is 29.4. The monoisotopic (exact) mass is 620 g/mol. The fourth-order valence-corrected chi connectivity index (χ4v) is 7.38. The summed E-state index contributed by atoms with van der Waals surface area (Å²) in [4.78, 5) is 0. The first-order valence-corrected chi connectivity index (χ1v) is 17.5. The highest BCUT2D eigenvalue weighted by Crippen LogP contribution is 2.57. The van der Waals surface area contributed by atoms with Crippen LogP contribution in [0.1, 0.15) is 124 Å². The molecule has 0 amide bonds. The minimum Gasteiger partial charge on any atom is -0.0654 e. The minimum absolute atomic E-state index is 0.335. The standard InChI is InChI=1S/C41H49Br/c1-4-7-10-12-15-31-17-22-34(23-18-31)41(35-24-19-32(20-25-35)16-13-11-8-5-2)39-29-33(14-9-6-3)21-27-37(39)38-28-26-36(42)30-40(38)41/h17-30H,4-16H2,1-3H3. The predicted octanol–water partition coefficient (Wildman–Crippen LogP) is 12.4. The van der Waals surface area contributed by atoms with Crippen molar-refractivity contribution >= 4 is 15.9 Å². The molecular weight excluding hydrogens is 572 g/mol. The highest BCUT2D eigenvalue weighted by atomic mass is 79.9. The van der Waals surface area contributed by atoms with Gasteiger partial charge in [-0.1, -0.05) is 154 Å². The van der Waals surface area contributed by atoms with Crippen LogP contribution in [0.5, 0.6) is 0 Å². The molecule has 0 aliphatic heterocycles. The summed E-state index contributed by atoms with van der Waals surface area (Å²) in [6.07, 6.45) is 16.3. The van der Waals surface area contributed by atoms with E-state index in [9.17, 15) is 0 Å². The summed E-state index contributed by atoms with van der Waals surface area (Å²) in [5.41, 5.74) is 12.4. The van der Waals surface area contributed by atoms with E-state index in [4.69, 9.17) is 0 Å². The molecule has 0 unspecified atom stereocenters. The van der Waals surface area contributed by atoms with Gasteiger partial charge >= 0.3 is 0 Å². The first kappa shape index (κ1) is 30.8. The SMILES string of the molecule is CCCCCCc1ccc(C2(c3ccc(CCCCCC)cc3)c3cc(Br)ccc3-c3ccc(CCCC)cc32)cc1. The molecule has 0 atom stereocenters. The lowest BCUT2D eigenvalue weighted by Crippen LogP contribution is -2.29. The van der Waals surface area contributed by atoms with Crippen LogP contribution in [-0.2, 0) is 24.7 Å². The van der Waals surface area contributed by atoms with Gasteiger partial charge in [-0.3, -0.25) is 0 Å². The molecular formula is C41H49Br. The van der Waals surface area contributed by atoms with E-state index in [-0.39, 0.29) is 5.41 Å². The normalized spacial score (nSPS) is 13.2. The van der Waals surface area contributed by atoms with Gasteiger partial charge in [-0.15, -0.1) is 0 Å². The van der Waals surface area contributed by atoms with Gasteiger partial charge in [-0.05, 0) is 101 Å². The molecule has 0 saturated heterocycles. The highest BCUT2D eigenvalue weighted by Gasteiger charge is 2.46. The fourth-order valence-electron chi connectivity index (χ4n) is 7.02. The third-order valence-electron chi connectivity index (χ3n) is 9.39. The van der Waals surface area contributed by atoms with Crippen molar-refractivity contribution in [2.24, 2.45) is 0 Å². The Balaban J connectivity index is 1.64. The van der Waals surface area contributed by atoms with Gasteiger partial charge in [0.05, 0.1) is 5.41 Å². The molecule has 0 spiro atoms.